The Morgan fingerprint density at radius 1 is 1.21 bits per heavy atom. The van der Waals surface area contributed by atoms with E-state index in [0.717, 1.165) is 0 Å². The second-order valence-electron chi connectivity index (χ2n) is 1.79. The molecule has 1 N–H and O–H groups in total. The highest BCUT2D eigenvalue weighted by molar-refractivity contribution is 5.91. The fraction of sp³-hybridized carbons (Fsp3) is 0.455. The molecule has 0 aromatic carbocycles. The van der Waals surface area contributed by atoms with Crippen molar-refractivity contribution >= 4 is 5.91 Å². The van der Waals surface area contributed by atoms with E-state index in [1.807, 2.05) is 27.7 Å². The molecule has 1 rings (SSSR count). The molecule has 14 heavy (non-hydrogen) atoms. The Morgan fingerprint density at radius 3 is 2.14 bits per heavy atom. The lowest BCUT2D eigenvalue weighted by Crippen LogP contribution is -2.18. The van der Waals surface area contributed by atoms with Gasteiger partial charge in [-0.25, -0.2) is 0 Å². The van der Waals surface area contributed by atoms with Crippen LogP contribution in [0.15, 0.2) is 24.4 Å². The lowest BCUT2D eigenvalue weighted by atomic mass is 10.3. The lowest BCUT2D eigenvalue weighted by molar-refractivity contribution is 0.0958. The Bertz CT molecular complexity index is 222. The molecular weight excluding hydrogens is 176 g/mol. The molecule has 0 spiro atoms. The summed E-state index contributed by atoms with van der Waals surface area (Å²) in [5.41, 5.74) is 0.449. The predicted molar refractivity (Wildman–Crippen MR) is 60.3 cm³/mol. The van der Waals surface area contributed by atoms with Gasteiger partial charge in [0.2, 0.25) is 0 Å². The summed E-state index contributed by atoms with van der Waals surface area (Å²) in [5, 5.41) is 2.48. The van der Waals surface area contributed by atoms with E-state index in [4.69, 9.17) is 0 Å². The van der Waals surface area contributed by atoms with Gasteiger partial charge in [-0.1, -0.05) is 33.8 Å². The van der Waals surface area contributed by atoms with Gasteiger partial charge in [-0.3, -0.25) is 9.78 Å². The number of hydrogen-bond donors (Lipinski definition) is 1. The zero-order chi connectivity index (χ0) is 11.4. The molecule has 1 heterocycles. The summed E-state index contributed by atoms with van der Waals surface area (Å²) < 4.78 is 0. The lowest BCUT2D eigenvalue weighted by Gasteiger charge is -1.94. The van der Waals surface area contributed by atoms with Crippen molar-refractivity contribution in [2.24, 2.45) is 0 Å². The van der Waals surface area contributed by atoms with Crippen LogP contribution >= 0.6 is 0 Å². The predicted octanol–water partition coefficient (Wildman–Crippen LogP) is 2.49. The summed E-state index contributed by atoms with van der Waals surface area (Å²) in [5.74, 6) is -0.152. The molecular formula is C11H20N2O. The van der Waals surface area contributed by atoms with Gasteiger partial charge in [0, 0.05) is 13.2 Å². The molecule has 0 aliphatic heterocycles. The highest BCUT2D eigenvalue weighted by Gasteiger charge is 1.99. The molecule has 0 aliphatic rings. The number of amides is 1. The molecule has 1 amide bonds. The minimum atomic E-state index is -0.152. The van der Waals surface area contributed by atoms with E-state index in [0.29, 0.717) is 5.69 Å². The van der Waals surface area contributed by atoms with E-state index in [1.165, 1.54) is 0 Å². The zero-order valence-electron chi connectivity index (χ0n) is 9.66. The maximum Gasteiger partial charge on any atom is 0.269 e. The van der Waals surface area contributed by atoms with Crippen LogP contribution in [0.5, 0.6) is 0 Å². The summed E-state index contributed by atoms with van der Waals surface area (Å²) in [6, 6.07) is 5.21. The van der Waals surface area contributed by atoms with Crippen molar-refractivity contribution in [1.29, 1.82) is 0 Å². The van der Waals surface area contributed by atoms with Crippen LogP contribution in [0, 0.1) is 0 Å². The maximum atomic E-state index is 10.8. The fourth-order valence-electron chi connectivity index (χ4n) is 0.625. The molecule has 0 unspecified atom stereocenters. The first-order valence-electron chi connectivity index (χ1n) is 4.97. The van der Waals surface area contributed by atoms with Crippen LogP contribution in [0.2, 0.25) is 0 Å². The number of hydrogen-bond acceptors (Lipinski definition) is 2. The molecule has 1 aromatic rings. The third-order valence-electron chi connectivity index (χ3n) is 1.12. The Labute approximate surface area is 86.6 Å². The first-order chi connectivity index (χ1) is 6.84. The molecule has 0 bridgehead atoms. The van der Waals surface area contributed by atoms with Crippen molar-refractivity contribution in [3.8, 4) is 0 Å². The fourth-order valence-corrected chi connectivity index (χ4v) is 0.625. The van der Waals surface area contributed by atoms with Gasteiger partial charge in [0.05, 0.1) is 0 Å². The summed E-state index contributed by atoms with van der Waals surface area (Å²) in [7, 11) is 1.58. The molecule has 0 radical (unpaired) electrons. The van der Waals surface area contributed by atoms with Crippen molar-refractivity contribution < 1.29 is 4.79 Å². The average molecular weight is 196 g/mol. The van der Waals surface area contributed by atoms with Gasteiger partial charge in [-0.05, 0) is 12.1 Å². The van der Waals surface area contributed by atoms with Crippen LogP contribution in [-0.2, 0) is 0 Å². The largest absolute Gasteiger partial charge is 0.354 e. The molecule has 80 valence electrons. The Balaban J connectivity index is 0. The monoisotopic (exact) mass is 196 g/mol. The molecule has 0 fully saturated rings. The van der Waals surface area contributed by atoms with E-state index in [9.17, 15) is 4.79 Å². The number of nitrogens with zero attached hydrogens (tertiary/aromatic N) is 1. The highest BCUT2D eigenvalue weighted by atomic mass is 16.1. The molecule has 1 aromatic heterocycles. The van der Waals surface area contributed by atoms with E-state index < -0.39 is 0 Å². The molecule has 0 saturated carbocycles. The van der Waals surface area contributed by atoms with Gasteiger partial charge in [-0.15, -0.1) is 0 Å². The van der Waals surface area contributed by atoms with Crippen LogP contribution in [0.1, 0.15) is 38.2 Å². The molecule has 0 saturated heterocycles. The van der Waals surface area contributed by atoms with Crippen LogP contribution < -0.4 is 5.32 Å². The summed E-state index contributed by atoms with van der Waals surface area (Å²) in [4.78, 5) is 14.7. The third-order valence-corrected chi connectivity index (χ3v) is 1.12. The van der Waals surface area contributed by atoms with Gasteiger partial charge >= 0.3 is 0 Å². The number of carbonyl (C=O) groups excluding carboxylic acids is 1. The van der Waals surface area contributed by atoms with Crippen LogP contribution in [-0.4, -0.2) is 17.9 Å². The molecule has 3 heteroatoms. The average Bonchev–Trinajstić information content (AvgIpc) is 2.34. The Hall–Kier alpha value is -1.38. The third kappa shape index (κ3) is 6.17. The normalized spacial score (nSPS) is 7.21. The van der Waals surface area contributed by atoms with Crippen molar-refractivity contribution in [2.75, 3.05) is 7.05 Å². The highest BCUT2D eigenvalue weighted by Crippen LogP contribution is 1.90. The van der Waals surface area contributed by atoms with E-state index in [1.54, 1.807) is 31.4 Å². The second kappa shape index (κ2) is 11.6. The Kier molecular flexibility index (Phi) is 12.5. The summed E-state index contributed by atoms with van der Waals surface area (Å²) in [6.45, 7) is 8.00. The first kappa shape index (κ1) is 15.1. The van der Waals surface area contributed by atoms with Crippen molar-refractivity contribution in [3.05, 3.63) is 30.1 Å². The van der Waals surface area contributed by atoms with Gasteiger partial charge < -0.3 is 5.32 Å². The van der Waals surface area contributed by atoms with E-state index in [-0.39, 0.29) is 5.91 Å². The minimum absolute atomic E-state index is 0.152. The second-order valence-corrected chi connectivity index (χ2v) is 1.79. The summed E-state index contributed by atoms with van der Waals surface area (Å²) >= 11 is 0. The van der Waals surface area contributed by atoms with Gasteiger partial charge in [0.1, 0.15) is 5.69 Å². The van der Waals surface area contributed by atoms with Crippen LogP contribution in [0.4, 0.5) is 0 Å². The van der Waals surface area contributed by atoms with Crippen LogP contribution in [0.3, 0.4) is 0 Å². The van der Waals surface area contributed by atoms with Crippen molar-refractivity contribution in [2.45, 2.75) is 27.7 Å². The van der Waals surface area contributed by atoms with Gasteiger partial charge in [-0.2, -0.15) is 0 Å². The quantitative estimate of drug-likeness (QED) is 0.749. The first-order valence-corrected chi connectivity index (χ1v) is 4.97. The van der Waals surface area contributed by atoms with Gasteiger partial charge in [0.15, 0.2) is 0 Å². The zero-order valence-corrected chi connectivity index (χ0v) is 9.66. The number of nitrogens with one attached hydrogen (secondary N) is 1. The molecule has 0 atom stereocenters. The molecule has 3 nitrogen and oxygen atoms in total. The van der Waals surface area contributed by atoms with Crippen molar-refractivity contribution in [1.82, 2.24) is 10.3 Å². The SMILES string of the molecule is CC.CC.CNC(=O)c1ccccn1. The number of rotatable bonds is 1. The van der Waals surface area contributed by atoms with Gasteiger partial charge in [0.25, 0.3) is 5.91 Å². The summed E-state index contributed by atoms with van der Waals surface area (Å²) in [6.07, 6.45) is 1.59. The van der Waals surface area contributed by atoms with E-state index in [2.05, 4.69) is 10.3 Å². The smallest absolute Gasteiger partial charge is 0.269 e. The number of carbonyl (C=O) groups is 1. The Morgan fingerprint density at radius 2 is 1.79 bits per heavy atom. The van der Waals surface area contributed by atoms with E-state index >= 15 is 0 Å². The molecule has 0 aliphatic carbocycles. The number of pyridine rings is 1. The van der Waals surface area contributed by atoms with Crippen LogP contribution in [0.25, 0.3) is 0 Å². The standard InChI is InChI=1S/C7H8N2O.2C2H6/c1-8-7(10)6-4-2-3-5-9-6;2*1-2/h2-5H,1H3,(H,8,10);2*1-2H3. The van der Waals surface area contributed by atoms with Crippen molar-refractivity contribution in [3.63, 3.8) is 0 Å². The number of aromatic nitrogens is 1. The maximum absolute atomic E-state index is 10.8. The minimum Gasteiger partial charge on any atom is -0.354 e. The topological polar surface area (TPSA) is 42.0 Å².